The number of carbonyl (C=O) groups is 12. The van der Waals surface area contributed by atoms with E-state index in [0.717, 1.165) is 34.5 Å². The number of nitrogens with one attached hydrogen (secondary N) is 7. The largest absolute Gasteiger partial charge is 0.508 e. The maximum atomic E-state index is 15.4. The number of hydrogen-bond acceptors (Lipinski definition) is 17. The lowest BCUT2D eigenvalue weighted by atomic mass is 9.84. The average molecular weight is 1420 g/mol. The van der Waals surface area contributed by atoms with E-state index in [1.54, 1.807) is 32.0 Å². The number of rotatable bonds is 37. The number of hydrogen-bond donors (Lipinski definition) is 12. The van der Waals surface area contributed by atoms with Crippen LogP contribution in [-0.4, -0.2) is 188 Å². The Morgan fingerprint density at radius 2 is 1.32 bits per heavy atom. The summed E-state index contributed by atoms with van der Waals surface area (Å²) in [5.74, 6) is -11.6. The molecule has 0 bridgehead atoms. The molecular weight excluding hydrogens is 1320 g/mol. The number of ketones is 1. The summed E-state index contributed by atoms with van der Waals surface area (Å²) in [6, 6.07) is 14.3. The Kier molecular flexibility index (Phi) is 29.7. The Hall–Kier alpha value is -9.90. The molecule has 28 nitrogen and oxygen atoms in total. The molecule has 1 fully saturated rings. The van der Waals surface area contributed by atoms with Crippen LogP contribution in [0.3, 0.4) is 0 Å². The van der Waals surface area contributed by atoms with E-state index < -0.39 is 144 Å². The van der Waals surface area contributed by atoms with Gasteiger partial charge in [-0.15, -0.1) is 0 Å². The second-order valence-corrected chi connectivity index (χ2v) is 26.8. The first-order chi connectivity index (χ1) is 47.8. The standard InChI is InChI=1S/C72H95ClN14O14/c1-41(2)33-55(64(94)80-54(18-11-12-31-78-42(3)4)70(100)86-32-14-19-59(86)67(97)79-43(5)63(76)93)81-66(96)57(38-61(75)91)82-68(98)60(37-45-21-28-52(90)29-22-45)85(8)69(99)58(40-88)83-65(95)56(36-47-15-13-30-77-39-47)84-71(101)72(7,87(44(6)89)51-26-24-50(73)25-27-51)62(92)53(74)35-46-20-23-48-16-9-10-17-49(48)34-46/h9-10,13,15-17,20-30,34,39,41-43,53-60,78,88,90H,11-12,14,18-19,31-33,35-38,40,74H2,1-8H3,(H2,75,91)(H2,76,93)(H,79,97)(H,80,94)(H,81,96)(H,82,98)(H,83,95)(H,84,101)/t43-,53-,54+,55+,56-,57-,58+,59+,60+,72?/m1/s1. The molecule has 1 unspecified atom stereocenters. The smallest absolute Gasteiger partial charge is 0.254 e. The molecule has 0 spiro atoms. The molecule has 6 rings (SSSR count). The van der Waals surface area contributed by atoms with Crippen molar-refractivity contribution in [1.29, 1.82) is 0 Å². The van der Waals surface area contributed by atoms with Gasteiger partial charge >= 0.3 is 0 Å². The van der Waals surface area contributed by atoms with Gasteiger partial charge in [-0.1, -0.05) is 100.0 Å². The predicted molar refractivity (Wildman–Crippen MR) is 378 cm³/mol. The quantitative estimate of drug-likeness (QED) is 0.0199. The average Bonchev–Trinajstić information content (AvgIpc) is 1.07. The Balaban J connectivity index is 1.28. The Bertz CT molecular complexity index is 3750. The number of Topliss-reactive ketones (excluding diaryl/α,β-unsaturated/α-hetero) is 1. The molecule has 2 heterocycles. The van der Waals surface area contributed by atoms with Gasteiger partial charge in [-0.25, -0.2) is 0 Å². The molecule has 544 valence electrons. The number of aliphatic hydroxyl groups is 1. The van der Waals surface area contributed by atoms with Crippen LogP contribution in [0.4, 0.5) is 5.69 Å². The number of unbranched alkanes of at least 4 members (excludes halogenated alkanes) is 1. The summed E-state index contributed by atoms with van der Waals surface area (Å²) in [5, 5.41) is 42.2. The molecule has 11 amide bonds. The number of nitrogens with zero attached hydrogens (tertiary/aromatic N) is 4. The number of carbonyl (C=O) groups excluding carboxylic acids is 12. The number of aromatic nitrogens is 1. The third kappa shape index (κ3) is 22.6. The molecule has 0 aliphatic carbocycles. The molecule has 10 atom stereocenters. The number of aromatic hydroxyl groups is 1. The van der Waals surface area contributed by atoms with Crippen LogP contribution in [0.2, 0.25) is 5.02 Å². The minimum absolute atomic E-state index is 0.0336. The lowest BCUT2D eigenvalue weighted by molar-refractivity contribution is -0.144. The van der Waals surface area contributed by atoms with Crippen LogP contribution in [0.25, 0.3) is 10.8 Å². The number of nitrogens with two attached hydrogens (primary N) is 3. The molecule has 29 heteroatoms. The fourth-order valence-electron chi connectivity index (χ4n) is 12.1. The molecule has 5 aromatic rings. The minimum Gasteiger partial charge on any atom is -0.508 e. The maximum absolute atomic E-state index is 15.4. The summed E-state index contributed by atoms with van der Waals surface area (Å²) in [7, 11) is 1.16. The number of aliphatic hydroxyl groups excluding tert-OH is 1. The molecule has 1 aromatic heterocycles. The highest BCUT2D eigenvalue weighted by atomic mass is 35.5. The van der Waals surface area contributed by atoms with Gasteiger partial charge in [0.25, 0.3) is 5.91 Å². The Morgan fingerprint density at radius 1 is 0.693 bits per heavy atom. The Morgan fingerprint density at radius 3 is 1.93 bits per heavy atom. The van der Waals surface area contributed by atoms with Crippen molar-refractivity contribution in [3.05, 3.63) is 137 Å². The number of anilines is 1. The molecular formula is C72H95ClN14O14. The number of likely N-dealkylation sites (N-methyl/N-ethyl adjacent to an activating group) is 1. The second kappa shape index (κ2) is 37.5. The van der Waals surface area contributed by atoms with Crippen LogP contribution in [0.15, 0.2) is 116 Å². The third-order valence-electron chi connectivity index (χ3n) is 17.5. The highest BCUT2D eigenvalue weighted by Gasteiger charge is 2.52. The number of phenolic OH excluding ortho intramolecular Hbond substituents is 1. The van der Waals surface area contributed by atoms with E-state index in [1.807, 2.05) is 50.2 Å². The summed E-state index contributed by atoms with van der Waals surface area (Å²) in [6.07, 6.45) is 3.01. The van der Waals surface area contributed by atoms with Gasteiger partial charge < -0.3 is 74.4 Å². The van der Waals surface area contributed by atoms with Gasteiger partial charge in [0.1, 0.15) is 54.1 Å². The van der Waals surface area contributed by atoms with E-state index in [9.17, 15) is 58.2 Å². The number of fused-ring (bicyclic) bond motifs is 1. The first kappa shape index (κ1) is 80.1. The van der Waals surface area contributed by atoms with Crippen molar-refractivity contribution >= 4 is 98.8 Å². The summed E-state index contributed by atoms with van der Waals surface area (Å²) in [5.41, 5.74) is 16.7. The zero-order valence-electron chi connectivity index (χ0n) is 58.2. The van der Waals surface area contributed by atoms with Crippen LogP contribution in [0.5, 0.6) is 5.75 Å². The zero-order chi connectivity index (χ0) is 74.4. The number of phenols is 1. The number of halogens is 1. The molecule has 0 radical (unpaired) electrons. The molecule has 101 heavy (non-hydrogen) atoms. The summed E-state index contributed by atoms with van der Waals surface area (Å²) >= 11 is 6.27. The SMILES string of the molecule is CC(=O)N(c1ccc(Cl)cc1)C(C)(C(=O)N[C@H](Cc1cccnc1)C(=O)N[C@@H](CO)C(=O)N(C)[C@@H](Cc1ccc(O)cc1)C(=O)N[C@H](CC(N)=O)C(=O)N[C@@H](CC(C)C)C(=O)N[C@@H](CCCCNC(C)C)C(=O)N1CCC[C@H]1C(=O)N[C@H](C)C(N)=O)C(=O)[C@H](N)Cc1ccc2ccccc2c1. The van der Waals surface area contributed by atoms with Gasteiger partial charge in [0.15, 0.2) is 11.3 Å². The van der Waals surface area contributed by atoms with Crippen molar-refractivity contribution in [3.8, 4) is 5.75 Å². The monoisotopic (exact) mass is 1410 g/mol. The van der Waals surface area contributed by atoms with Gasteiger partial charge in [0, 0.05) is 62.5 Å². The summed E-state index contributed by atoms with van der Waals surface area (Å²) in [4.78, 5) is 178. The molecule has 4 aromatic carbocycles. The number of primary amides is 2. The maximum Gasteiger partial charge on any atom is 0.254 e. The van der Waals surface area contributed by atoms with Gasteiger partial charge in [-0.3, -0.25) is 67.4 Å². The van der Waals surface area contributed by atoms with Crippen molar-refractivity contribution in [2.45, 2.75) is 179 Å². The van der Waals surface area contributed by atoms with Crippen LogP contribution in [0, 0.1) is 5.92 Å². The molecule has 15 N–H and O–H groups in total. The van der Waals surface area contributed by atoms with E-state index in [4.69, 9.17) is 28.8 Å². The predicted octanol–water partition coefficient (Wildman–Crippen LogP) is 1.64. The molecule has 1 saturated heterocycles. The summed E-state index contributed by atoms with van der Waals surface area (Å²) < 4.78 is 0. The van der Waals surface area contributed by atoms with Gasteiger partial charge in [0.05, 0.1) is 19.1 Å². The lowest BCUT2D eigenvalue weighted by Crippen LogP contribution is -2.69. The first-order valence-corrected chi connectivity index (χ1v) is 34.0. The number of amides is 11. The highest BCUT2D eigenvalue weighted by Crippen LogP contribution is 2.30. The zero-order valence-corrected chi connectivity index (χ0v) is 59.0. The van der Waals surface area contributed by atoms with E-state index >= 15 is 9.59 Å². The van der Waals surface area contributed by atoms with Crippen molar-refractivity contribution in [3.63, 3.8) is 0 Å². The fourth-order valence-corrected chi connectivity index (χ4v) is 12.2. The third-order valence-corrected chi connectivity index (χ3v) is 17.8. The van der Waals surface area contributed by atoms with Crippen molar-refractivity contribution in [2.75, 3.05) is 31.6 Å². The topological polar surface area (TPSA) is 430 Å². The van der Waals surface area contributed by atoms with Crippen LogP contribution in [-0.2, 0) is 76.8 Å². The highest BCUT2D eigenvalue weighted by molar-refractivity contribution is 6.30. The number of likely N-dealkylation sites (tertiary alicyclic amines) is 1. The van der Waals surface area contributed by atoms with E-state index in [-0.39, 0.29) is 73.5 Å². The molecule has 1 aliphatic rings. The van der Waals surface area contributed by atoms with Crippen molar-refractivity contribution < 1.29 is 67.7 Å². The van der Waals surface area contributed by atoms with Crippen LogP contribution < -0.4 is 59.3 Å². The normalized spacial score (nSPS) is 15.8. The van der Waals surface area contributed by atoms with Gasteiger partial charge in [0.2, 0.25) is 59.1 Å². The molecule has 1 aliphatic heterocycles. The summed E-state index contributed by atoms with van der Waals surface area (Å²) in [6.45, 7) is 10.8. The van der Waals surface area contributed by atoms with E-state index in [2.05, 4.69) is 42.2 Å². The fraction of sp³-hybridized carbons (Fsp3) is 0.458. The van der Waals surface area contributed by atoms with Crippen LogP contribution >= 0.6 is 11.6 Å². The van der Waals surface area contributed by atoms with Crippen molar-refractivity contribution in [1.82, 2.24) is 52.0 Å². The molecule has 0 saturated carbocycles. The lowest BCUT2D eigenvalue weighted by Gasteiger charge is -2.40. The van der Waals surface area contributed by atoms with Crippen molar-refractivity contribution in [2.24, 2.45) is 23.1 Å². The van der Waals surface area contributed by atoms with Crippen LogP contribution in [0.1, 0.15) is 110 Å². The minimum atomic E-state index is -2.52. The van der Waals surface area contributed by atoms with E-state index in [1.165, 1.54) is 79.7 Å². The number of pyridine rings is 1. The number of benzene rings is 4. The van der Waals surface area contributed by atoms with Gasteiger partial charge in [-0.05, 0) is 141 Å². The Labute approximate surface area is 592 Å². The van der Waals surface area contributed by atoms with Gasteiger partial charge in [-0.2, -0.15) is 0 Å². The second-order valence-electron chi connectivity index (χ2n) is 26.3. The van der Waals surface area contributed by atoms with E-state index in [0.29, 0.717) is 42.5 Å². The first-order valence-electron chi connectivity index (χ1n) is 33.7.